The lowest BCUT2D eigenvalue weighted by Crippen LogP contribution is -2.40. The second kappa shape index (κ2) is 21.0. The van der Waals surface area contributed by atoms with Gasteiger partial charge in [0.2, 0.25) is 5.91 Å². The number of H-pyrrole nitrogens is 1. The number of imidazole rings is 1. The van der Waals surface area contributed by atoms with Crippen molar-refractivity contribution in [2.24, 2.45) is 0 Å². The highest BCUT2D eigenvalue weighted by atomic mass is 19.3. The molecular formula is C51H62F2N8O2. The molecule has 1 fully saturated rings. The van der Waals surface area contributed by atoms with E-state index in [1.165, 1.54) is 12.1 Å². The third kappa shape index (κ3) is 12.1. The van der Waals surface area contributed by atoms with Gasteiger partial charge in [0, 0.05) is 76.3 Å². The minimum absolute atomic E-state index is 0.0441. The zero-order valence-electron chi connectivity index (χ0n) is 37.3. The molecule has 5 aromatic rings. The van der Waals surface area contributed by atoms with Gasteiger partial charge in [0.1, 0.15) is 11.6 Å². The molecule has 10 nitrogen and oxygen atoms in total. The number of hydrogen-bond donors (Lipinski definition) is 4. The monoisotopic (exact) mass is 856 g/mol. The normalized spacial score (nSPS) is 14.6. The van der Waals surface area contributed by atoms with Gasteiger partial charge in [-0.3, -0.25) is 4.79 Å². The summed E-state index contributed by atoms with van der Waals surface area (Å²) >= 11 is 0. The number of fused-ring (bicyclic) bond motifs is 1. The summed E-state index contributed by atoms with van der Waals surface area (Å²) in [6.45, 7) is 20.8. The highest BCUT2D eigenvalue weighted by molar-refractivity contribution is 5.90. The lowest BCUT2D eigenvalue weighted by molar-refractivity contribution is -0.159. The van der Waals surface area contributed by atoms with Crippen LogP contribution in [0, 0.1) is 0 Å². The number of likely N-dealkylation sites (N-methyl/N-ethyl adjacent to an activating group) is 1. The van der Waals surface area contributed by atoms with Crippen molar-refractivity contribution in [3.63, 3.8) is 0 Å². The van der Waals surface area contributed by atoms with E-state index < -0.39 is 6.11 Å². The molecule has 0 bridgehead atoms. The maximum Gasteiger partial charge on any atom is 0.394 e. The van der Waals surface area contributed by atoms with Crippen molar-refractivity contribution in [2.45, 2.75) is 71.2 Å². The molecule has 4 aromatic carbocycles. The predicted octanol–water partition coefficient (Wildman–Crippen LogP) is 10.0. The van der Waals surface area contributed by atoms with Gasteiger partial charge in [-0.15, -0.1) is 0 Å². The van der Waals surface area contributed by atoms with E-state index in [1.54, 1.807) is 18.3 Å². The maximum atomic E-state index is 13.4. The number of alkyl halides is 2. The molecule has 12 heteroatoms. The van der Waals surface area contributed by atoms with Crippen molar-refractivity contribution in [1.82, 2.24) is 40.6 Å². The van der Waals surface area contributed by atoms with Crippen LogP contribution < -0.4 is 20.7 Å². The van der Waals surface area contributed by atoms with Crippen molar-refractivity contribution in [1.29, 1.82) is 0 Å². The van der Waals surface area contributed by atoms with Crippen LogP contribution >= 0.6 is 0 Å². The van der Waals surface area contributed by atoms with Gasteiger partial charge in [0.05, 0.1) is 36.7 Å². The number of hydrogen-bond acceptors (Lipinski definition) is 8. The smallest absolute Gasteiger partial charge is 0.394 e. The Balaban J connectivity index is 1.10. The first-order valence-corrected chi connectivity index (χ1v) is 21.8. The van der Waals surface area contributed by atoms with Gasteiger partial charge in [-0.1, -0.05) is 94.2 Å². The van der Waals surface area contributed by atoms with Crippen LogP contribution in [0.3, 0.4) is 0 Å². The second-order valence-electron chi connectivity index (χ2n) is 16.2. The number of nitrogens with zero attached hydrogens (tertiary/aromatic N) is 4. The molecule has 2 heterocycles. The van der Waals surface area contributed by atoms with Gasteiger partial charge in [-0.05, 0) is 82.8 Å². The van der Waals surface area contributed by atoms with Crippen LogP contribution in [0.1, 0.15) is 69.4 Å². The Morgan fingerprint density at radius 2 is 1.70 bits per heavy atom. The summed E-state index contributed by atoms with van der Waals surface area (Å²) < 4.78 is 31.6. The zero-order chi connectivity index (χ0) is 45.1. The third-order valence-corrected chi connectivity index (χ3v) is 11.4. The molecule has 0 spiro atoms. The molecule has 1 aliphatic rings. The van der Waals surface area contributed by atoms with Crippen LogP contribution in [0.4, 0.5) is 8.78 Å². The van der Waals surface area contributed by atoms with Crippen LogP contribution in [0.25, 0.3) is 38.9 Å². The van der Waals surface area contributed by atoms with Gasteiger partial charge >= 0.3 is 6.11 Å². The average Bonchev–Trinajstić information content (AvgIpc) is 3.95. The van der Waals surface area contributed by atoms with Crippen molar-refractivity contribution in [2.75, 3.05) is 40.3 Å². The Morgan fingerprint density at radius 1 is 1.02 bits per heavy atom. The Kier molecular flexibility index (Phi) is 15.3. The van der Waals surface area contributed by atoms with Crippen molar-refractivity contribution in [3.05, 3.63) is 152 Å². The van der Waals surface area contributed by atoms with Crippen LogP contribution in [-0.4, -0.2) is 83.0 Å². The Morgan fingerprint density at radius 3 is 2.35 bits per heavy atom. The molecule has 1 saturated heterocycles. The van der Waals surface area contributed by atoms with Crippen LogP contribution in [0.15, 0.2) is 135 Å². The van der Waals surface area contributed by atoms with E-state index in [0.717, 1.165) is 106 Å². The number of ether oxygens (including phenoxy) is 1. The quantitative estimate of drug-likeness (QED) is 0.0546. The fourth-order valence-corrected chi connectivity index (χ4v) is 8.18. The van der Waals surface area contributed by atoms with Crippen molar-refractivity contribution < 1.29 is 18.3 Å². The molecule has 1 aromatic heterocycles. The summed E-state index contributed by atoms with van der Waals surface area (Å²) in [5.41, 5.74) is 8.98. The van der Waals surface area contributed by atoms with E-state index in [0.29, 0.717) is 32.5 Å². The Bertz CT molecular complexity index is 2390. The molecule has 332 valence electrons. The number of aromatic nitrogens is 2. The number of amides is 1. The fraction of sp³-hybridized carbons (Fsp3) is 0.333. The van der Waals surface area contributed by atoms with Gasteiger partial charge < -0.3 is 40.4 Å². The minimum atomic E-state index is -3.27. The molecule has 1 aliphatic heterocycles. The number of halogens is 2. The number of aromatic amines is 1. The van der Waals surface area contributed by atoms with Gasteiger partial charge in [0.25, 0.3) is 0 Å². The third-order valence-electron chi connectivity index (χ3n) is 11.4. The summed E-state index contributed by atoms with van der Waals surface area (Å²) in [4.78, 5) is 26.8. The molecule has 2 unspecified atom stereocenters. The lowest BCUT2D eigenvalue weighted by atomic mass is 9.98. The Hall–Kier alpha value is -6.56. The number of benzene rings is 4. The number of rotatable bonds is 22. The first kappa shape index (κ1) is 46.0. The summed E-state index contributed by atoms with van der Waals surface area (Å²) in [5.74, 6) is 0.926. The summed E-state index contributed by atoms with van der Waals surface area (Å²) in [7, 11) is 4.06. The topological polar surface area (TPSA) is 101 Å². The largest absolute Gasteiger partial charge is 0.433 e. The van der Waals surface area contributed by atoms with Crippen LogP contribution in [0.5, 0.6) is 5.75 Å². The summed E-state index contributed by atoms with van der Waals surface area (Å²) in [6, 6.07) is 28.3. The first-order valence-electron chi connectivity index (χ1n) is 21.8. The summed E-state index contributed by atoms with van der Waals surface area (Å²) in [5, 5.41) is 11.9. The average molecular weight is 857 g/mol. The van der Waals surface area contributed by atoms with Crippen molar-refractivity contribution >= 4 is 22.4 Å². The fourth-order valence-electron chi connectivity index (χ4n) is 8.18. The highest BCUT2D eigenvalue weighted by Crippen LogP contribution is 2.31. The number of likely N-dealkylation sites (tertiary alicyclic amines) is 1. The predicted molar refractivity (Wildman–Crippen MR) is 252 cm³/mol. The van der Waals surface area contributed by atoms with Crippen LogP contribution in [0.2, 0.25) is 0 Å². The molecule has 63 heavy (non-hydrogen) atoms. The first-order chi connectivity index (χ1) is 30.3. The number of carbonyl (C=O) groups excluding carboxylic acids is 1. The molecule has 0 radical (unpaired) electrons. The maximum absolute atomic E-state index is 13.4. The van der Waals surface area contributed by atoms with Gasteiger partial charge in [-0.25, -0.2) is 4.98 Å². The second-order valence-corrected chi connectivity index (χ2v) is 16.2. The molecule has 6 rings (SSSR count). The summed E-state index contributed by atoms with van der Waals surface area (Å²) in [6.07, 6.45) is 5.94. The van der Waals surface area contributed by atoms with E-state index in [4.69, 9.17) is 9.72 Å². The zero-order valence-corrected chi connectivity index (χ0v) is 37.3. The van der Waals surface area contributed by atoms with E-state index >= 15 is 0 Å². The van der Waals surface area contributed by atoms with Gasteiger partial charge in [0.15, 0.2) is 0 Å². The molecule has 0 aliphatic carbocycles. The highest BCUT2D eigenvalue weighted by Gasteiger charge is 2.27. The molecule has 1 amide bonds. The molecule has 4 N–H and O–H groups in total. The lowest BCUT2D eigenvalue weighted by Gasteiger charge is -2.31. The van der Waals surface area contributed by atoms with E-state index in [1.807, 2.05) is 20.2 Å². The van der Waals surface area contributed by atoms with Gasteiger partial charge in [-0.2, -0.15) is 8.78 Å². The van der Waals surface area contributed by atoms with E-state index in [-0.39, 0.29) is 17.7 Å². The van der Waals surface area contributed by atoms with Crippen molar-refractivity contribution in [3.8, 4) is 28.1 Å². The Labute approximate surface area is 371 Å². The van der Waals surface area contributed by atoms with E-state index in [2.05, 4.69) is 136 Å². The molecular weight excluding hydrogens is 795 g/mol. The standard InChI is InChI=1S/C51H62F2N8O2/c1-9-26-60(36(5)50(55-11-3)39-22-24-45(25-23-39)63-51(6,52)53)34-48-56-31-46(58-48)43-21-20-41-28-40(18-19-42(41)29-43)37-14-16-38(17-15-37)47(54-7)33-59(8)32-44-13-12-27-61(44)35(4)30-57-49(62)10-2/h11,14-25,28-29,31,33,44,50,54-55H,3-5,9-10,12-13,26-27,30,32,34H2,1-2,6-8H3,(H,56,58)(H,57,62)/b47-33-. The number of nitrogens with one attached hydrogen (secondary N) is 4. The molecule has 2 atom stereocenters. The van der Waals surface area contributed by atoms with Crippen LogP contribution in [-0.2, 0) is 11.3 Å². The molecule has 0 saturated carbocycles. The minimum Gasteiger partial charge on any atom is -0.433 e. The number of carbonyl (C=O) groups is 1. The SMILES string of the molecule is C=CNC(C(=C)N(CCC)Cc1ncc(-c2ccc3cc(-c4ccc(/C(=C/N(C)CC5CCCN5C(=C)CNC(=O)CC)NC)cc4)ccc3c2)[nH]1)c1ccc(OC(C)(F)F)cc1. The van der Waals surface area contributed by atoms with E-state index in [9.17, 15) is 13.6 Å².